The third-order valence-corrected chi connectivity index (χ3v) is 4.34. The van der Waals surface area contributed by atoms with E-state index in [1.54, 1.807) is 0 Å². The molecule has 1 aliphatic heterocycles. The number of nitrogens with one attached hydrogen (secondary N) is 2. The van der Waals surface area contributed by atoms with Gasteiger partial charge < -0.3 is 5.32 Å². The van der Waals surface area contributed by atoms with Crippen molar-refractivity contribution in [1.29, 1.82) is 0 Å². The molecular weight excluding hydrogens is 272 g/mol. The van der Waals surface area contributed by atoms with Crippen LogP contribution in [0.1, 0.15) is 26.2 Å². The predicted molar refractivity (Wildman–Crippen MR) is 90.0 cm³/mol. The molecule has 22 heavy (non-hydrogen) atoms. The molecule has 2 aromatic rings. The third-order valence-electron chi connectivity index (χ3n) is 4.34. The first-order valence-corrected chi connectivity index (χ1v) is 8.00. The van der Waals surface area contributed by atoms with Crippen molar-refractivity contribution in [1.82, 2.24) is 10.2 Å². The summed E-state index contributed by atoms with van der Waals surface area (Å²) in [5, 5.41) is 10.8. The average Bonchev–Trinajstić information content (AvgIpc) is 3.16. The van der Waals surface area contributed by atoms with Gasteiger partial charge >= 0.3 is 0 Å². The second-order valence-electron chi connectivity index (χ2n) is 6.01. The van der Waals surface area contributed by atoms with Gasteiger partial charge in [-0.1, -0.05) is 37.3 Å². The minimum atomic E-state index is 0.363. The molecule has 1 unspecified atom stereocenters. The van der Waals surface area contributed by atoms with Crippen LogP contribution in [0.3, 0.4) is 0 Å². The zero-order valence-electron chi connectivity index (χ0n) is 12.7. The van der Waals surface area contributed by atoms with Crippen molar-refractivity contribution in [2.45, 2.75) is 32.2 Å². The Labute approximate surface area is 130 Å². The highest BCUT2D eigenvalue weighted by atomic mass is 15.2. The molecule has 2 aliphatic rings. The maximum atomic E-state index is 4.79. The minimum absolute atomic E-state index is 0.363. The van der Waals surface area contributed by atoms with Crippen molar-refractivity contribution in [2.75, 3.05) is 5.32 Å². The third kappa shape index (κ3) is 2.56. The van der Waals surface area contributed by atoms with Crippen molar-refractivity contribution in [2.24, 2.45) is 10.9 Å². The first-order valence-electron chi connectivity index (χ1n) is 8.00. The van der Waals surface area contributed by atoms with E-state index in [9.17, 15) is 0 Å². The van der Waals surface area contributed by atoms with Gasteiger partial charge in [0.25, 0.3) is 0 Å². The van der Waals surface area contributed by atoms with Gasteiger partial charge in [-0.25, -0.2) is 0 Å². The Morgan fingerprint density at radius 1 is 1.23 bits per heavy atom. The maximum Gasteiger partial charge on any atom is 0.153 e. The number of aromatic nitrogens is 2. The summed E-state index contributed by atoms with van der Waals surface area (Å²) in [6.45, 7) is 2.20. The van der Waals surface area contributed by atoms with Crippen LogP contribution in [0.4, 0.5) is 5.82 Å². The summed E-state index contributed by atoms with van der Waals surface area (Å²) in [7, 11) is 0. The Kier molecular flexibility index (Phi) is 3.29. The molecule has 112 valence electrons. The molecule has 0 saturated heterocycles. The molecule has 0 radical (unpaired) electrons. The first-order chi connectivity index (χ1) is 10.8. The van der Waals surface area contributed by atoms with Gasteiger partial charge in [0, 0.05) is 6.07 Å². The van der Waals surface area contributed by atoms with Crippen molar-refractivity contribution < 1.29 is 0 Å². The van der Waals surface area contributed by atoms with Gasteiger partial charge in [-0.3, -0.25) is 10.1 Å². The number of rotatable bonds is 4. The smallest absolute Gasteiger partial charge is 0.153 e. The van der Waals surface area contributed by atoms with Crippen LogP contribution in [0.2, 0.25) is 0 Å². The number of nitrogens with zero attached hydrogens (tertiary/aromatic N) is 2. The molecule has 0 amide bonds. The van der Waals surface area contributed by atoms with E-state index < -0.39 is 0 Å². The molecule has 1 aliphatic carbocycles. The van der Waals surface area contributed by atoms with E-state index in [0.29, 0.717) is 6.04 Å². The van der Waals surface area contributed by atoms with Crippen molar-refractivity contribution >= 4 is 11.7 Å². The average molecular weight is 292 g/mol. The Balaban J connectivity index is 1.51. The van der Waals surface area contributed by atoms with Crippen molar-refractivity contribution in [3.8, 4) is 11.3 Å². The number of H-pyrrole nitrogens is 1. The zero-order valence-corrected chi connectivity index (χ0v) is 12.7. The second-order valence-corrected chi connectivity index (χ2v) is 6.01. The molecule has 1 fully saturated rings. The summed E-state index contributed by atoms with van der Waals surface area (Å²) in [5.74, 6) is 2.53. The number of aliphatic imine (C=N–C) groups is 1. The number of amidine groups is 1. The molecule has 2 N–H and O–H groups in total. The zero-order chi connectivity index (χ0) is 14.9. The van der Waals surface area contributed by atoms with Crippen LogP contribution in [0.5, 0.6) is 0 Å². The standard InChI is InChI=1S/C18H20N4/c1-2-15-14(12-8-9-12)10-17(19-15)20-18-11-16(21-22-18)13-6-4-3-5-7-13/h3-7,10-12,15H,2,8-9H2,1H3,(H2,19,20,21,22). The van der Waals surface area contributed by atoms with E-state index in [1.807, 2.05) is 24.3 Å². The van der Waals surface area contributed by atoms with E-state index in [0.717, 1.165) is 35.2 Å². The molecule has 1 aromatic heterocycles. The van der Waals surface area contributed by atoms with E-state index >= 15 is 0 Å². The highest BCUT2D eigenvalue weighted by Gasteiger charge is 2.33. The first kappa shape index (κ1) is 13.3. The highest BCUT2D eigenvalue weighted by molar-refractivity contribution is 6.05. The lowest BCUT2D eigenvalue weighted by atomic mass is 10.0. The molecule has 1 atom stereocenters. The monoisotopic (exact) mass is 292 g/mol. The molecule has 1 aromatic carbocycles. The number of benzene rings is 1. The van der Waals surface area contributed by atoms with Crippen LogP contribution in [0, 0.1) is 5.92 Å². The van der Waals surface area contributed by atoms with E-state index in [1.165, 1.54) is 18.4 Å². The number of anilines is 1. The van der Waals surface area contributed by atoms with E-state index in [2.05, 4.69) is 40.6 Å². The van der Waals surface area contributed by atoms with Crippen molar-refractivity contribution in [3.63, 3.8) is 0 Å². The van der Waals surface area contributed by atoms with Crippen LogP contribution in [-0.2, 0) is 0 Å². The quantitative estimate of drug-likeness (QED) is 0.894. The SMILES string of the molecule is CCC1N=C(Nc2cc(-c3ccccc3)[nH]n2)C=C1C1CC1. The van der Waals surface area contributed by atoms with Gasteiger partial charge in [-0.05, 0) is 42.4 Å². The summed E-state index contributed by atoms with van der Waals surface area (Å²) < 4.78 is 0. The van der Waals surface area contributed by atoms with Gasteiger partial charge in [0.15, 0.2) is 5.82 Å². The summed E-state index contributed by atoms with van der Waals surface area (Å²) in [5.41, 5.74) is 3.65. The lowest BCUT2D eigenvalue weighted by Gasteiger charge is -2.07. The molecule has 0 bridgehead atoms. The summed E-state index contributed by atoms with van der Waals surface area (Å²) >= 11 is 0. The Bertz CT molecular complexity index is 723. The largest absolute Gasteiger partial charge is 0.324 e. The van der Waals surface area contributed by atoms with Crippen LogP contribution < -0.4 is 5.32 Å². The summed E-state index contributed by atoms with van der Waals surface area (Å²) in [6.07, 6.45) is 5.95. The summed E-state index contributed by atoms with van der Waals surface area (Å²) in [6, 6.07) is 12.6. The van der Waals surface area contributed by atoms with Gasteiger partial charge in [0.2, 0.25) is 0 Å². The Morgan fingerprint density at radius 3 is 2.77 bits per heavy atom. The van der Waals surface area contributed by atoms with Crippen LogP contribution in [0.15, 0.2) is 53.0 Å². The molecule has 0 spiro atoms. The van der Waals surface area contributed by atoms with Crippen LogP contribution >= 0.6 is 0 Å². The lowest BCUT2D eigenvalue weighted by molar-refractivity contribution is 0.709. The van der Waals surface area contributed by atoms with Crippen LogP contribution in [-0.4, -0.2) is 22.1 Å². The lowest BCUT2D eigenvalue weighted by Crippen LogP contribution is -2.08. The number of hydrogen-bond donors (Lipinski definition) is 2. The molecular formula is C18H20N4. The van der Waals surface area contributed by atoms with E-state index in [-0.39, 0.29) is 0 Å². The minimum Gasteiger partial charge on any atom is -0.324 e. The molecule has 2 heterocycles. The van der Waals surface area contributed by atoms with E-state index in [4.69, 9.17) is 4.99 Å². The van der Waals surface area contributed by atoms with Gasteiger partial charge in [0.05, 0.1) is 11.7 Å². The molecule has 4 rings (SSSR count). The number of hydrogen-bond acceptors (Lipinski definition) is 3. The molecule has 4 heteroatoms. The van der Waals surface area contributed by atoms with Crippen molar-refractivity contribution in [3.05, 3.63) is 48.0 Å². The number of aromatic amines is 1. The molecule has 4 nitrogen and oxygen atoms in total. The maximum absolute atomic E-state index is 4.79. The van der Waals surface area contributed by atoms with Gasteiger partial charge in [-0.2, -0.15) is 5.10 Å². The summed E-state index contributed by atoms with van der Waals surface area (Å²) in [4.78, 5) is 4.79. The highest BCUT2D eigenvalue weighted by Crippen LogP contribution is 2.41. The topological polar surface area (TPSA) is 53.1 Å². The second kappa shape index (κ2) is 5.44. The molecule has 1 saturated carbocycles. The Hall–Kier alpha value is -2.36. The fraction of sp³-hybridized carbons (Fsp3) is 0.333. The Morgan fingerprint density at radius 2 is 2.05 bits per heavy atom. The normalized spacial score (nSPS) is 20.7. The van der Waals surface area contributed by atoms with Crippen LogP contribution in [0.25, 0.3) is 11.3 Å². The fourth-order valence-corrected chi connectivity index (χ4v) is 3.02. The van der Waals surface area contributed by atoms with Gasteiger partial charge in [0.1, 0.15) is 5.84 Å². The predicted octanol–water partition coefficient (Wildman–Crippen LogP) is 4.02. The fourth-order valence-electron chi connectivity index (χ4n) is 3.02. The van der Waals surface area contributed by atoms with Gasteiger partial charge in [-0.15, -0.1) is 0 Å².